The number of para-hydroxylation sites is 2. The molecule has 0 N–H and O–H groups in total. The number of nitrogens with zero attached hydrogens (tertiary/aromatic N) is 3. The van der Waals surface area contributed by atoms with Gasteiger partial charge in [-0.05, 0) is 25.1 Å². The third-order valence-corrected chi connectivity index (χ3v) is 4.33. The number of aromatic nitrogens is 3. The number of imidazole rings is 1. The number of pyridine rings is 1. The number of benzene rings is 1. The van der Waals surface area contributed by atoms with Gasteiger partial charge in [-0.15, -0.1) is 0 Å². The zero-order chi connectivity index (χ0) is 15.0. The van der Waals surface area contributed by atoms with Crippen molar-refractivity contribution in [1.29, 1.82) is 0 Å². The molecule has 0 saturated carbocycles. The molecule has 0 radical (unpaired) electrons. The van der Waals surface area contributed by atoms with Gasteiger partial charge in [-0.2, -0.15) is 0 Å². The van der Waals surface area contributed by atoms with Crippen molar-refractivity contribution in [2.24, 2.45) is 0 Å². The second-order valence-corrected chi connectivity index (χ2v) is 5.80. The summed E-state index contributed by atoms with van der Waals surface area (Å²) in [5.41, 5.74) is 2.74. The lowest BCUT2D eigenvalue weighted by molar-refractivity contribution is 0.729. The molecule has 0 bridgehead atoms. The molecule has 0 aliphatic heterocycles. The van der Waals surface area contributed by atoms with Crippen LogP contribution in [0.5, 0.6) is 0 Å². The lowest BCUT2D eigenvalue weighted by atomic mass is 10.2. The Morgan fingerprint density at radius 1 is 1.05 bits per heavy atom. The Morgan fingerprint density at radius 2 is 1.81 bits per heavy atom. The lowest BCUT2D eigenvalue weighted by Crippen LogP contribution is -2.04. The molecule has 0 amide bonds. The zero-order valence-electron chi connectivity index (χ0n) is 11.3. The van der Waals surface area contributed by atoms with E-state index in [1.807, 2.05) is 18.2 Å². The number of fused-ring (bicyclic) bond motifs is 1. The quantitative estimate of drug-likeness (QED) is 0.628. The third-order valence-electron chi connectivity index (χ3n) is 3.33. The smallest absolute Gasteiger partial charge is 0.148 e. The molecule has 0 spiro atoms. The van der Waals surface area contributed by atoms with Crippen LogP contribution in [0.15, 0.2) is 30.3 Å². The SMILES string of the molecule is CCn1c(Cc2nc(Cl)c(Cl)cc2Cl)nc2ccccc21. The number of rotatable bonds is 3. The molecule has 0 saturated heterocycles. The van der Waals surface area contributed by atoms with Gasteiger partial charge in [-0.25, -0.2) is 9.97 Å². The minimum atomic E-state index is 0.259. The Balaban J connectivity index is 2.08. The van der Waals surface area contributed by atoms with E-state index in [2.05, 4.69) is 27.5 Å². The highest BCUT2D eigenvalue weighted by molar-refractivity contribution is 6.42. The van der Waals surface area contributed by atoms with E-state index in [1.165, 1.54) is 0 Å². The van der Waals surface area contributed by atoms with Crippen molar-refractivity contribution >= 4 is 45.8 Å². The minimum absolute atomic E-state index is 0.259. The van der Waals surface area contributed by atoms with Gasteiger partial charge in [0.25, 0.3) is 0 Å². The minimum Gasteiger partial charge on any atom is -0.328 e. The largest absolute Gasteiger partial charge is 0.328 e. The van der Waals surface area contributed by atoms with Crippen molar-refractivity contribution in [3.05, 3.63) is 57.0 Å². The van der Waals surface area contributed by atoms with E-state index >= 15 is 0 Å². The number of hydrogen-bond donors (Lipinski definition) is 0. The van der Waals surface area contributed by atoms with Crippen LogP contribution in [-0.2, 0) is 13.0 Å². The summed E-state index contributed by atoms with van der Waals surface area (Å²) in [7, 11) is 0. The summed E-state index contributed by atoms with van der Waals surface area (Å²) in [6.07, 6.45) is 0.512. The topological polar surface area (TPSA) is 30.7 Å². The van der Waals surface area contributed by atoms with Crippen molar-refractivity contribution in [3.63, 3.8) is 0 Å². The molecule has 3 aromatic rings. The first-order valence-electron chi connectivity index (χ1n) is 6.54. The maximum Gasteiger partial charge on any atom is 0.148 e. The number of hydrogen-bond acceptors (Lipinski definition) is 2. The Labute approximate surface area is 137 Å². The van der Waals surface area contributed by atoms with Crippen molar-refractivity contribution in [3.8, 4) is 0 Å². The van der Waals surface area contributed by atoms with Gasteiger partial charge in [0.1, 0.15) is 11.0 Å². The molecule has 0 aliphatic rings. The predicted molar refractivity (Wildman–Crippen MR) is 87.5 cm³/mol. The van der Waals surface area contributed by atoms with Gasteiger partial charge >= 0.3 is 0 Å². The first-order chi connectivity index (χ1) is 10.1. The average Bonchev–Trinajstić information content (AvgIpc) is 2.81. The molecule has 0 unspecified atom stereocenters. The summed E-state index contributed by atoms with van der Waals surface area (Å²) in [4.78, 5) is 8.92. The van der Waals surface area contributed by atoms with E-state index in [4.69, 9.17) is 34.8 Å². The Hall–Kier alpha value is -1.29. The third kappa shape index (κ3) is 2.73. The van der Waals surface area contributed by atoms with Crippen molar-refractivity contribution in [1.82, 2.24) is 14.5 Å². The zero-order valence-corrected chi connectivity index (χ0v) is 13.5. The molecular weight excluding hydrogens is 329 g/mol. The highest BCUT2D eigenvalue weighted by Crippen LogP contribution is 2.27. The molecule has 0 atom stereocenters. The van der Waals surface area contributed by atoms with E-state index in [0.29, 0.717) is 22.2 Å². The molecule has 0 aliphatic carbocycles. The molecule has 2 heterocycles. The first kappa shape index (κ1) is 14.6. The van der Waals surface area contributed by atoms with E-state index in [-0.39, 0.29) is 5.15 Å². The van der Waals surface area contributed by atoms with Gasteiger partial charge in [0.05, 0.1) is 26.8 Å². The van der Waals surface area contributed by atoms with Crippen LogP contribution >= 0.6 is 34.8 Å². The lowest BCUT2D eigenvalue weighted by Gasteiger charge is -2.08. The molecule has 0 fully saturated rings. The number of halogens is 3. The second-order valence-electron chi connectivity index (χ2n) is 4.63. The number of aryl methyl sites for hydroxylation is 1. The predicted octanol–water partition coefficient (Wildman–Crippen LogP) is 5.00. The summed E-state index contributed by atoms with van der Waals surface area (Å²) < 4.78 is 2.15. The van der Waals surface area contributed by atoms with Crippen LogP contribution in [-0.4, -0.2) is 14.5 Å². The van der Waals surface area contributed by atoms with Gasteiger partial charge in [-0.3, -0.25) is 0 Å². The normalized spacial score (nSPS) is 11.2. The molecule has 3 rings (SSSR count). The summed E-state index contributed by atoms with van der Waals surface area (Å²) >= 11 is 18.1. The molecule has 6 heteroatoms. The van der Waals surface area contributed by atoms with Gasteiger partial charge in [0, 0.05) is 13.0 Å². The molecule has 2 aromatic heterocycles. The van der Waals surface area contributed by atoms with Crippen LogP contribution in [0, 0.1) is 0 Å². The molecule has 108 valence electrons. The Morgan fingerprint density at radius 3 is 2.57 bits per heavy atom. The Kier molecular flexibility index (Phi) is 4.07. The molecule has 3 nitrogen and oxygen atoms in total. The fourth-order valence-electron chi connectivity index (χ4n) is 2.37. The van der Waals surface area contributed by atoms with Gasteiger partial charge in [0.2, 0.25) is 0 Å². The maximum absolute atomic E-state index is 6.20. The first-order valence-corrected chi connectivity index (χ1v) is 7.68. The molecule has 1 aromatic carbocycles. The van der Waals surface area contributed by atoms with Crippen LogP contribution in [0.4, 0.5) is 0 Å². The maximum atomic E-state index is 6.20. The monoisotopic (exact) mass is 339 g/mol. The summed E-state index contributed by atoms with van der Waals surface area (Å²) in [6, 6.07) is 9.65. The van der Waals surface area contributed by atoms with Gasteiger partial charge in [-0.1, -0.05) is 46.9 Å². The fourth-order valence-corrected chi connectivity index (χ4v) is 2.95. The molecular formula is C15H12Cl3N3. The van der Waals surface area contributed by atoms with Gasteiger partial charge in [0.15, 0.2) is 0 Å². The summed E-state index contributed by atoms with van der Waals surface area (Å²) in [5, 5.41) is 1.11. The molecule has 21 heavy (non-hydrogen) atoms. The van der Waals surface area contributed by atoms with E-state index in [0.717, 1.165) is 23.4 Å². The Bertz CT molecular complexity index is 811. The van der Waals surface area contributed by atoms with Crippen LogP contribution in [0.3, 0.4) is 0 Å². The van der Waals surface area contributed by atoms with Crippen molar-refractivity contribution in [2.75, 3.05) is 0 Å². The van der Waals surface area contributed by atoms with Crippen LogP contribution in [0.2, 0.25) is 15.2 Å². The highest BCUT2D eigenvalue weighted by atomic mass is 35.5. The average molecular weight is 341 g/mol. The van der Waals surface area contributed by atoms with Gasteiger partial charge < -0.3 is 4.57 Å². The van der Waals surface area contributed by atoms with Crippen molar-refractivity contribution < 1.29 is 0 Å². The van der Waals surface area contributed by atoms with E-state index in [9.17, 15) is 0 Å². The van der Waals surface area contributed by atoms with Crippen molar-refractivity contribution in [2.45, 2.75) is 19.9 Å². The second kappa shape index (κ2) is 5.84. The standard InChI is InChI=1S/C15H12Cl3N3/c1-2-21-13-6-4-3-5-11(13)19-14(21)8-12-9(16)7-10(17)15(18)20-12/h3-7H,2,8H2,1H3. The fraction of sp³-hybridized carbons (Fsp3) is 0.200. The van der Waals surface area contributed by atoms with E-state index < -0.39 is 0 Å². The highest BCUT2D eigenvalue weighted by Gasteiger charge is 2.14. The van der Waals surface area contributed by atoms with Crippen LogP contribution in [0.25, 0.3) is 11.0 Å². The van der Waals surface area contributed by atoms with E-state index in [1.54, 1.807) is 6.07 Å². The summed E-state index contributed by atoms with van der Waals surface area (Å²) in [6.45, 7) is 2.91. The summed E-state index contributed by atoms with van der Waals surface area (Å²) in [5.74, 6) is 0.909. The van der Waals surface area contributed by atoms with Crippen LogP contribution < -0.4 is 0 Å². The van der Waals surface area contributed by atoms with Crippen LogP contribution in [0.1, 0.15) is 18.4 Å².